The van der Waals surface area contributed by atoms with Gasteiger partial charge in [0, 0.05) is 7.11 Å². The molecule has 0 radical (unpaired) electrons. The first-order valence-corrected chi connectivity index (χ1v) is 6.48. The maximum absolute atomic E-state index is 5.27. The monoisotopic (exact) mass is 322 g/mol. The van der Waals surface area contributed by atoms with Crippen molar-refractivity contribution in [3.8, 4) is 0 Å². The highest BCUT2D eigenvalue weighted by Crippen LogP contribution is 2.18. The predicted molar refractivity (Wildman–Crippen MR) is 70.2 cm³/mol. The van der Waals surface area contributed by atoms with Crippen LogP contribution in [0.3, 0.4) is 0 Å². The molecule has 0 bridgehead atoms. The van der Waals surface area contributed by atoms with Crippen LogP contribution in [-0.4, -0.2) is 23.0 Å². The van der Waals surface area contributed by atoms with Crippen LogP contribution in [0.25, 0.3) is 0 Å². The van der Waals surface area contributed by atoms with E-state index in [0.717, 1.165) is 19.4 Å². The standard InChI is InChI=1S/C11H19IN2O/c1-5-9-11(12)10(6-2)14(13-9)7-8(3)15-4/h8H,5-7H2,1-4H3. The van der Waals surface area contributed by atoms with Crippen molar-refractivity contribution in [2.75, 3.05) is 7.11 Å². The van der Waals surface area contributed by atoms with Gasteiger partial charge in [-0.1, -0.05) is 13.8 Å². The minimum atomic E-state index is 0.218. The van der Waals surface area contributed by atoms with Crippen molar-refractivity contribution in [3.05, 3.63) is 15.0 Å². The van der Waals surface area contributed by atoms with E-state index in [1.807, 2.05) is 0 Å². The zero-order valence-electron chi connectivity index (χ0n) is 9.88. The first-order chi connectivity index (χ1) is 7.13. The summed E-state index contributed by atoms with van der Waals surface area (Å²) >= 11 is 2.40. The summed E-state index contributed by atoms with van der Waals surface area (Å²) in [5, 5.41) is 4.62. The van der Waals surface area contributed by atoms with Crippen molar-refractivity contribution in [3.63, 3.8) is 0 Å². The zero-order valence-corrected chi connectivity index (χ0v) is 12.0. The summed E-state index contributed by atoms with van der Waals surface area (Å²) in [4.78, 5) is 0. The van der Waals surface area contributed by atoms with Crippen molar-refractivity contribution in [1.29, 1.82) is 0 Å². The van der Waals surface area contributed by atoms with Crippen LogP contribution in [0, 0.1) is 3.57 Å². The second kappa shape index (κ2) is 5.84. The zero-order chi connectivity index (χ0) is 11.4. The summed E-state index contributed by atoms with van der Waals surface area (Å²) in [7, 11) is 1.74. The molecule has 0 saturated heterocycles. The summed E-state index contributed by atoms with van der Waals surface area (Å²) in [5.74, 6) is 0. The topological polar surface area (TPSA) is 27.1 Å². The van der Waals surface area contributed by atoms with Crippen LogP contribution in [0.2, 0.25) is 0 Å². The molecule has 1 atom stereocenters. The second-order valence-corrected chi connectivity index (χ2v) is 4.72. The van der Waals surface area contributed by atoms with E-state index in [9.17, 15) is 0 Å². The van der Waals surface area contributed by atoms with Gasteiger partial charge in [-0.15, -0.1) is 0 Å². The molecule has 0 spiro atoms. The van der Waals surface area contributed by atoms with E-state index < -0.39 is 0 Å². The average Bonchev–Trinajstić information content (AvgIpc) is 2.54. The molecule has 1 heterocycles. The Balaban J connectivity index is 2.95. The van der Waals surface area contributed by atoms with E-state index >= 15 is 0 Å². The van der Waals surface area contributed by atoms with Crippen LogP contribution < -0.4 is 0 Å². The van der Waals surface area contributed by atoms with Gasteiger partial charge < -0.3 is 4.74 Å². The van der Waals surface area contributed by atoms with Gasteiger partial charge >= 0.3 is 0 Å². The average molecular weight is 322 g/mol. The number of hydrogen-bond acceptors (Lipinski definition) is 2. The Kier molecular flexibility index (Phi) is 5.05. The highest BCUT2D eigenvalue weighted by molar-refractivity contribution is 14.1. The lowest BCUT2D eigenvalue weighted by Crippen LogP contribution is -2.17. The van der Waals surface area contributed by atoms with E-state index in [1.54, 1.807) is 7.11 Å². The molecular formula is C11H19IN2O. The molecule has 0 aromatic carbocycles. The molecule has 0 aliphatic rings. The molecule has 1 unspecified atom stereocenters. The molecule has 15 heavy (non-hydrogen) atoms. The van der Waals surface area contributed by atoms with Gasteiger partial charge in [0.25, 0.3) is 0 Å². The van der Waals surface area contributed by atoms with E-state index in [0.29, 0.717) is 0 Å². The maximum Gasteiger partial charge on any atom is 0.0758 e. The maximum atomic E-state index is 5.27. The fourth-order valence-electron chi connectivity index (χ4n) is 1.56. The number of halogens is 1. The Morgan fingerprint density at radius 2 is 2.07 bits per heavy atom. The molecule has 0 N–H and O–H groups in total. The molecular weight excluding hydrogens is 303 g/mol. The lowest BCUT2D eigenvalue weighted by molar-refractivity contribution is 0.0989. The number of aryl methyl sites for hydroxylation is 1. The van der Waals surface area contributed by atoms with Crippen molar-refractivity contribution < 1.29 is 4.74 Å². The van der Waals surface area contributed by atoms with Crippen LogP contribution in [0.5, 0.6) is 0 Å². The fourth-order valence-corrected chi connectivity index (χ4v) is 2.71. The molecule has 0 saturated carbocycles. The van der Waals surface area contributed by atoms with E-state index in [-0.39, 0.29) is 6.10 Å². The van der Waals surface area contributed by atoms with Crippen molar-refractivity contribution in [1.82, 2.24) is 9.78 Å². The largest absolute Gasteiger partial charge is 0.380 e. The Morgan fingerprint density at radius 3 is 2.53 bits per heavy atom. The Labute approximate surface area is 105 Å². The molecule has 1 aromatic heterocycles. The summed E-state index contributed by atoms with van der Waals surface area (Å²) in [6.07, 6.45) is 2.25. The quantitative estimate of drug-likeness (QED) is 0.780. The first kappa shape index (κ1) is 13.0. The molecule has 4 heteroatoms. The first-order valence-electron chi connectivity index (χ1n) is 5.40. The van der Waals surface area contributed by atoms with Crippen molar-refractivity contribution in [2.45, 2.75) is 46.3 Å². The molecule has 3 nitrogen and oxygen atoms in total. The van der Waals surface area contributed by atoms with Gasteiger partial charge in [-0.05, 0) is 42.4 Å². The third-order valence-corrected chi connectivity index (χ3v) is 3.81. The lowest BCUT2D eigenvalue weighted by atomic mass is 10.2. The number of rotatable bonds is 5. The van der Waals surface area contributed by atoms with Crippen LogP contribution in [0.4, 0.5) is 0 Å². The van der Waals surface area contributed by atoms with Crippen LogP contribution >= 0.6 is 22.6 Å². The van der Waals surface area contributed by atoms with Crippen LogP contribution in [-0.2, 0) is 24.1 Å². The molecule has 1 aromatic rings. The van der Waals surface area contributed by atoms with Crippen molar-refractivity contribution >= 4 is 22.6 Å². The number of nitrogens with zero attached hydrogens (tertiary/aromatic N) is 2. The number of ether oxygens (including phenoxy) is 1. The summed E-state index contributed by atoms with van der Waals surface area (Å²) in [5.41, 5.74) is 2.53. The summed E-state index contributed by atoms with van der Waals surface area (Å²) < 4.78 is 8.69. The van der Waals surface area contributed by atoms with Gasteiger partial charge in [-0.2, -0.15) is 5.10 Å². The predicted octanol–water partition coefficient (Wildman–Crippen LogP) is 2.65. The molecule has 0 aliphatic carbocycles. The summed E-state index contributed by atoms with van der Waals surface area (Å²) in [6, 6.07) is 0. The highest BCUT2D eigenvalue weighted by atomic mass is 127. The van der Waals surface area contributed by atoms with Crippen LogP contribution in [0.1, 0.15) is 32.2 Å². The van der Waals surface area contributed by atoms with Crippen molar-refractivity contribution in [2.24, 2.45) is 0 Å². The Morgan fingerprint density at radius 1 is 1.40 bits per heavy atom. The Bertz CT molecular complexity index is 323. The highest BCUT2D eigenvalue weighted by Gasteiger charge is 2.14. The fraction of sp³-hybridized carbons (Fsp3) is 0.727. The minimum Gasteiger partial charge on any atom is -0.380 e. The van der Waals surface area contributed by atoms with Gasteiger partial charge in [-0.3, -0.25) is 4.68 Å². The molecule has 1 rings (SSSR count). The van der Waals surface area contributed by atoms with Gasteiger partial charge in [-0.25, -0.2) is 0 Å². The molecule has 86 valence electrons. The third-order valence-electron chi connectivity index (χ3n) is 2.56. The minimum absolute atomic E-state index is 0.218. The number of hydrogen-bond donors (Lipinski definition) is 0. The third kappa shape index (κ3) is 2.93. The van der Waals surface area contributed by atoms with Gasteiger partial charge in [0.1, 0.15) is 0 Å². The van der Waals surface area contributed by atoms with E-state index in [4.69, 9.17) is 4.74 Å². The van der Waals surface area contributed by atoms with Gasteiger partial charge in [0.15, 0.2) is 0 Å². The molecule has 0 amide bonds. The number of methoxy groups -OCH3 is 1. The second-order valence-electron chi connectivity index (χ2n) is 3.64. The molecule has 0 fully saturated rings. The smallest absolute Gasteiger partial charge is 0.0758 e. The van der Waals surface area contributed by atoms with E-state index in [1.165, 1.54) is 15.0 Å². The Hall–Kier alpha value is -0.100. The van der Waals surface area contributed by atoms with Crippen LogP contribution in [0.15, 0.2) is 0 Å². The SMILES string of the molecule is CCc1nn(CC(C)OC)c(CC)c1I. The lowest BCUT2D eigenvalue weighted by Gasteiger charge is -2.11. The summed E-state index contributed by atoms with van der Waals surface area (Å²) in [6.45, 7) is 7.23. The van der Waals surface area contributed by atoms with E-state index in [2.05, 4.69) is 53.1 Å². The molecule has 0 aliphatic heterocycles. The van der Waals surface area contributed by atoms with Gasteiger partial charge in [0.2, 0.25) is 0 Å². The normalized spacial score (nSPS) is 13.1. The van der Waals surface area contributed by atoms with Gasteiger partial charge in [0.05, 0.1) is 27.6 Å². The number of aromatic nitrogens is 2.